The summed E-state index contributed by atoms with van der Waals surface area (Å²) < 4.78 is 0. The van der Waals surface area contributed by atoms with Crippen molar-refractivity contribution in [2.45, 2.75) is 19.4 Å². The molecule has 1 aromatic heterocycles. The molecule has 0 aliphatic carbocycles. The second-order valence-electron chi connectivity index (χ2n) is 5.65. The summed E-state index contributed by atoms with van der Waals surface area (Å²) in [6.07, 6.45) is 1.47. The van der Waals surface area contributed by atoms with Crippen molar-refractivity contribution in [3.8, 4) is 0 Å². The maximum absolute atomic E-state index is 12.6. The van der Waals surface area contributed by atoms with Crippen LogP contribution >= 0.6 is 0 Å². The lowest BCUT2D eigenvalue weighted by Gasteiger charge is -2.19. The Balaban J connectivity index is 1.87. The number of benzene rings is 2. The van der Waals surface area contributed by atoms with Crippen LogP contribution in [0, 0.1) is 6.92 Å². The van der Waals surface area contributed by atoms with Crippen molar-refractivity contribution in [1.29, 1.82) is 0 Å². The fourth-order valence-corrected chi connectivity index (χ4v) is 2.72. The van der Waals surface area contributed by atoms with Crippen LogP contribution in [0.5, 0.6) is 0 Å². The molecule has 0 fully saturated rings. The highest BCUT2D eigenvalue weighted by Gasteiger charge is 2.20. The number of aromatic nitrogens is 2. The number of carboxylic acids is 1. The van der Waals surface area contributed by atoms with Gasteiger partial charge in [-0.25, -0.2) is 0 Å². The Bertz CT molecular complexity index is 901. The van der Waals surface area contributed by atoms with Crippen LogP contribution in [0.4, 0.5) is 0 Å². The summed E-state index contributed by atoms with van der Waals surface area (Å²) in [7, 11) is 0. The number of aliphatic carboxylic acids is 1. The van der Waals surface area contributed by atoms with Gasteiger partial charge in [-0.15, -0.1) is 0 Å². The van der Waals surface area contributed by atoms with E-state index in [2.05, 4.69) is 15.5 Å². The predicted octanol–water partition coefficient (Wildman–Crippen LogP) is 2.82. The summed E-state index contributed by atoms with van der Waals surface area (Å²) in [5, 5.41) is 19.6. The van der Waals surface area contributed by atoms with Crippen molar-refractivity contribution in [2.24, 2.45) is 0 Å². The maximum atomic E-state index is 12.6. The molecule has 24 heavy (non-hydrogen) atoms. The Morgan fingerprint density at radius 3 is 2.79 bits per heavy atom. The van der Waals surface area contributed by atoms with Gasteiger partial charge in [-0.3, -0.25) is 14.7 Å². The summed E-state index contributed by atoms with van der Waals surface area (Å²) in [6, 6.07) is 12.0. The summed E-state index contributed by atoms with van der Waals surface area (Å²) in [5.74, 6) is -1.28. The first-order valence-electron chi connectivity index (χ1n) is 7.56. The van der Waals surface area contributed by atoms with Gasteiger partial charge >= 0.3 is 5.97 Å². The molecule has 1 amide bonds. The molecular weight excluding hydrogens is 306 g/mol. The number of amides is 1. The third-order valence-corrected chi connectivity index (χ3v) is 3.95. The maximum Gasteiger partial charge on any atom is 0.305 e. The number of carbonyl (C=O) groups is 2. The van der Waals surface area contributed by atoms with E-state index in [0.717, 1.165) is 22.0 Å². The SMILES string of the molecule is Cc1ccccc1C(CC(=O)O)NC(=O)c1ccc2[nH]ncc2c1. The van der Waals surface area contributed by atoms with Crippen molar-refractivity contribution in [1.82, 2.24) is 15.5 Å². The number of hydrogen-bond donors (Lipinski definition) is 3. The molecule has 0 aliphatic heterocycles. The smallest absolute Gasteiger partial charge is 0.305 e. The van der Waals surface area contributed by atoms with Gasteiger partial charge in [0.25, 0.3) is 5.91 Å². The number of rotatable bonds is 5. The molecule has 0 aliphatic rings. The number of fused-ring (bicyclic) bond motifs is 1. The van der Waals surface area contributed by atoms with Crippen molar-refractivity contribution in [2.75, 3.05) is 0 Å². The summed E-state index contributed by atoms with van der Waals surface area (Å²) in [4.78, 5) is 23.7. The highest BCUT2D eigenvalue weighted by atomic mass is 16.4. The molecule has 3 aromatic rings. The monoisotopic (exact) mass is 323 g/mol. The largest absolute Gasteiger partial charge is 0.481 e. The molecule has 0 bridgehead atoms. The van der Waals surface area contributed by atoms with Crippen LogP contribution in [0.15, 0.2) is 48.7 Å². The van der Waals surface area contributed by atoms with Crippen LogP contribution < -0.4 is 5.32 Å². The van der Waals surface area contributed by atoms with E-state index in [4.69, 9.17) is 5.11 Å². The standard InChI is InChI=1S/C18H17N3O3/c1-11-4-2-3-5-14(11)16(9-17(22)23)20-18(24)12-6-7-15-13(8-12)10-19-21-15/h2-8,10,16H,9H2,1H3,(H,19,21)(H,20,24)(H,22,23). The molecule has 0 saturated carbocycles. The van der Waals surface area contributed by atoms with Crippen molar-refractivity contribution in [3.63, 3.8) is 0 Å². The van der Waals surface area contributed by atoms with E-state index >= 15 is 0 Å². The zero-order chi connectivity index (χ0) is 17.1. The predicted molar refractivity (Wildman–Crippen MR) is 89.7 cm³/mol. The van der Waals surface area contributed by atoms with Gasteiger partial charge in [-0.1, -0.05) is 24.3 Å². The van der Waals surface area contributed by atoms with E-state index in [1.807, 2.05) is 31.2 Å². The van der Waals surface area contributed by atoms with E-state index in [0.29, 0.717) is 5.56 Å². The van der Waals surface area contributed by atoms with Gasteiger partial charge in [0.05, 0.1) is 24.2 Å². The van der Waals surface area contributed by atoms with Crippen molar-refractivity contribution >= 4 is 22.8 Å². The minimum Gasteiger partial charge on any atom is -0.481 e. The second kappa shape index (κ2) is 6.54. The lowest BCUT2D eigenvalue weighted by Crippen LogP contribution is -2.30. The van der Waals surface area contributed by atoms with Crippen molar-refractivity contribution < 1.29 is 14.7 Å². The van der Waals surface area contributed by atoms with Gasteiger partial charge in [0, 0.05) is 10.9 Å². The van der Waals surface area contributed by atoms with Crippen LogP contribution in [0.2, 0.25) is 0 Å². The number of nitrogens with one attached hydrogen (secondary N) is 2. The Kier molecular flexibility index (Phi) is 4.29. The van der Waals surface area contributed by atoms with Gasteiger partial charge in [0.1, 0.15) is 0 Å². The number of carboxylic acid groups (broad SMARTS) is 1. The van der Waals surface area contributed by atoms with Crippen molar-refractivity contribution in [3.05, 3.63) is 65.4 Å². The molecule has 1 heterocycles. The number of nitrogens with zero attached hydrogens (tertiary/aromatic N) is 1. The number of hydrogen-bond acceptors (Lipinski definition) is 3. The first-order chi connectivity index (χ1) is 11.5. The number of aryl methyl sites for hydroxylation is 1. The minimum absolute atomic E-state index is 0.176. The fourth-order valence-electron chi connectivity index (χ4n) is 2.72. The first kappa shape index (κ1) is 15.7. The van der Waals surface area contributed by atoms with Gasteiger partial charge in [-0.2, -0.15) is 5.10 Å². The van der Waals surface area contributed by atoms with E-state index in [-0.39, 0.29) is 12.3 Å². The van der Waals surface area contributed by atoms with Crippen LogP contribution in [-0.2, 0) is 4.79 Å². The molecule has 122 valence electrons. The van der Waals surface area contributed by atoms with Crippen LogP contribution in [0.1, 0.15) is 33.9 Å². The van der Waals surface area contributed by atoms with Gasteiger partial charge < -0.3 is 10.4 Å². The lowest BCUT2D eigenvalue weighted by molar-refractivity contribution is -0.137. The van der Waals surface area contributed by atoms with Crippen LogP contribution in [-0.4, -0.2) is 27.2 Å². The quantitative estimate of drug-likeness (QED) is 0.673. The first-order valence-corrected chi connectivity index (χ1v) is 7.56. The van der Waals surface area contributed by atoms with E-state index in [9.17, 15) is 9.59 Å². The molecular formula is C18H17N3O3. The molecule has 1 unspecified atom stereocenters. The van der Waals surface area contributed by atoms with Gasteiger partial charge in [-0.05, 0) is 36.2 Å². The summed E-state index contributed by atoms with van der Waals surface area (Å²) in [6.45, 7) is 1.90. The van der Waals surface area contributed by atoms with Gasteiger partial charge in [0.15, 0.2) is 0 Å². The number of aromatic amines is 1. The Labute approximate surface area is 138 Å². The zero-order valence-corrected chi connectivity index (χ0v) is 13.1. The molecule has 3 rings (SSSR count). The highest BCUT2D eigenvalue weighted by Crippen LogP contribution is 2.22. The van der Waals surface area contributed by atoms with E-state index in [1.54, 1.807) is 24.4 Å². The second-order valence-corrected chi connectivity index (χ2v) is 5.65. The zero-order valence-electron chi connectivity index (χ0n) is 13.1. The Morgan fingerprint density at radius 1 is 1.25 bits per heavy atom. The van der Waals surface area contributed by atoms with Crippen LogP contribution in [0.3, 0.4) is 0 Å². The third kappa shape index (κ3) is 3.27. The molecule has 2 aromatic carbocycles. The average molecular weight is 323 g/mol. The summed E-state index contributed by atoms with van der Waals surface area (Å²) >= 11 is 0. The minimum atomic E-state index is -0.964. The van der Waals surface area contributed by atoms with Crippen LogP contribution in [0.25, 0.3) is 10.9 Å². The Morgan fingerprint density at radius 2 is 2.04 bits per heavy atom. The molecule has 6 nitrogen and oxygen atoms in total. The van der Waals surface area contributed by atoms with Gasteiger partial charge in [0.2, 0.25) is 0 Å². The highest BCUT2D eigenvalue weighted by molar-refractivity contribution is 5.98. The molecule has 3 N–H and O–H groups in total. The lowest BCUT2D eigenvalue weighted by atomic mass is 9.98. The molecule has 6 heteroatoms. The molecule has 1 atom stereocenters. The fraction of sp³-hybridized carbons (Fsp3) is 0.167. The number of carbonyl (C=O) groups excluding carboxylic acids is 1. The Hall–Kier alpha value is -3.15. The average Bonchev–Trinajstić information content (AvgIpc) is 3.01. The van der Waals surface area contributed by atoms with E-state index in [1.165, 1.54) is 0 Å². The molecule has 0 spiro atoms. The topological polar surface area (TPSA) is 95.1 Å². The molecule has 0 saturated heterocycles. The number of H-pyrrole nitrogens is 1. The normalized spacial score (nSPS) is 12.0. The summed E-state index contributed by atoms with van der Waals surface area (Å²) in [5.41, 5.74) is 3.05. The third-order valence-electron chi connectivity index (χ3n) is 3.95. The molecule has 0 radical (unpaired) electrons. The van der Waals surface area contributed by atoms with E-state index < -0.39 is 12.0 Å².